The van der Waals surface area contributed by atoms with E-state index in [0.29, 0.717) is 12.8 Å². The Kier molecular flexibility index (Phi) is 5.61. The second kappa shape index (κ2) is 6.64. The zero-order chi connectivity index (χ0) is 16.3. The zero-order valence-electron chi connectivity index (χ0n) is 12.7. The molecule has 0 saturated heterocycles. The highest BCUT2D eigenvalue weighted by Crippen LogP contribution is 2.32. The Morgan fingerprint density at radius 2 is 2.05 bits per heavy atom. The first-order valence-corrected chi connectivity index (χ1v) is 9.10. The molecule has 0 aromatic rings. The molecule has 21 heavy (non-hydrogen) atoms. The Balaban J connectivity index is 2.68. The molecular weight excluding hydrogens is 296 g/mol. The fraction of sp³-hybridized carbons (Fsp3) is 0.846. The van der Waals surface area contributed by atoms with Crippen molar-refractivity contribution in [1.29, 1.82) is 0 Å². The number of nitrogens with one attached hydrogen (secondary N) is 2. The highest BCUT2D eigenvalue weighted by molar-refractivity contribution is 7.90. The van der Waals surface area contributed by atoms with Gasteiger partial charge in [0.25, 0.3) is 0 Å². The number of aliphatic carboxylic acids is 1. The smallest absolute Gasteiger partial charge is 0.329 e. The van der Waals surface area contributed by atoms with Crippen molar-refractivity contribution in [3.8, 4) is 0 Å². The highest BCUT2D eigenvalue weighted by Gasteiger charge is 2.43. The summed E-state index contributed by atoms with van der Waals surface area (Å²) in [6.07, 6.45) is 3.55. The first-order valence-electron chi connectivity index (χ1n) is 7.04. The van der Waals surface area contributed by atoms with Crippen molar-refractivity contribution < 1.29 is 23.1 Å². The lowest BCUT2D eigenvalue weighted by molar-refractivity contribution is -0.146. The quantitative estimate of drug-likeness (QED) is 0.692. The van der Waals surface area contributed by atoms with E-state index >= 15 is 0 Å². The lowest BCUT2D eigenvalue weighted by Gasteiger charge is -2.37. The first kappa shape index (κ1) is 17.7. The predicted octanol–water partition coefficient (Wildman–Crippen LogP) is 0.752. The van der Waals surface area contributed by atoms with Gasteiger partial charge < -0.3 is 15.7 Å². The number of sulfone groups is 1. The number of urea groups is 1. The average molecular weight is 320 g/mol. The second-order valence-corrected chi connectivity index (χ2v) is 8.37. The van der Waals surface area contributed by atoms with Gasteiger partial charge in [-0.3, -0.25) is 0 Å². The van der Waals surface area contributed by atoms with Gasteiger partial charge in [0.15, 0.2) is 0 Å². The molecule has 0 aromatic carbocycles. The third-order valence-corrected chi connectivity index (χ3v) is 4.80. The van der Waals surface area contributed by atoms with Gasteiger partial charge in [-0.1, -0.05) is 19.8 Å². The summed E-state index contributed by atoms with van der Waals surface area (Å²) in [6, 6.07) is -1.21. The third-order valence-electron chi connectivity index (χ3n) is 3.69. The van der Waals surface area contributed by atoms with Crippen LogP contribution in [0.3, 0.4) is 0 Å². The molecule has 1 aliphatic carbocycles. The van der Waals surface area contributed by atoms with Gasteiger partial charge in [-0.25, -0.2) is 18.0 Å². The van der Waals surface area contributed by atoms with Gasteiger partial charge in [-0.15, -0.1) is 0 Å². The maximum Gasteiger partial charge on any atom is 0.329 e. The topological polar surface area (TPSA) is 113 Å². The Hall–Kier alpha value is -1.31. The van der Waals surface area contributed by atoms with E-state index in [1.54, 1.807) is 6.92 Å². The van der Waals surface area contributed by atoms with E-state index in [0.717, 1.165) is 19.1 Å². The standard InChI is InChI=1S/C13H24N2O5S/c1-9-5-4-6-13(7-9,11(16)17)15-12(18)14-10(2)8-21(3,19)20/h9-10H,4-8H2,1-3H3,(H,16,17)(H2,14,15,18). The lowest BCUT2D eigenvalue weighted by Crippen LogP contribution is -2.60. The Morgan fingerprint density at radius 3 is 2.52 bits per heavy atom. The van der Waals surface area contributed by atoms with Crippen LogP contribution in [-0.2, 0) is 14.6 Å². The van der Waals surface area contributed by atoms with Crippen molar-refractivity contribution in [2.24, 2.45) is 5.92 Å². The van der Waals surface area contributed by atoms with Crippen molar-refractivity contribution in [2.45, 2.75) is 51.1 Å². The number of hydrogen-bond donors (Lipinski definition) is 3. The van der Waals surface area contributed by atoms with Gasteiger partial charge in [0.1, 0.15) is 15.4 Å². The van der Waals surface area contributed by atoms with Crippen LogP contribution in [-0.4, -0.2) is 49.1 Å². The van der Waals surface area contributed by atoms with E-state index in [-0.39, 0.29) is 11.7 Å². The molecule has 1 saturated carbocycles. The molecule has 0 radical (unpaired) electrons. The molecule has 122 valence electrons. The molecule has 8 heteroatoms. The number of amides is 2. The summed E-state index contributed by atoms with van der Waals surface area (Å²) in [5.74, 6) is -1.000. The molecular formula is C13H24N2O5S. The lowest BCUT2D eigenvalue weighted by atomic mass is 9.76. The molecule has 1 aliphatic rings. The summed E-state index contributed by atoms with van der Waals surface area (Å²) >= 11 is 0. The van der Waals surface area contributed by atoms with Crippen molar-refractivity contribution in [1.82, 2.24) is 10.6 Å². The van der Waals surface area contributed by atoms with Gasteiger partial charge in [-0.2, -0.15) is 0 Å². The third kappa shape index (κ3) is 5.53. The van der Waals surface area contributed by atoms with E-state index in [2.05, 4.69) is 10.6 Å². The molecule has 0 spiro atoms. The van der Waals surface area contributed by atoms with Gasteiger partial charge >= 0.3 is 12.0 Å². The van der Waals surface area contributed by atoms with Gasteiger partial charge in [-0.05, 0) is 25.7 Å². The summed E-state index contributed by atoms with van der Waals surface area (Å²) in [5.41, 5.74) is -1.26. The second-order valence-electron chi connectivity index (χ2n) is 6.18. The van der Waals surface area contributed by atoms with Crippen LogP contribution in [0, 0.1) is 5.92 Å². The SMILES string of the molecule is CC1CCCC(NC(=O)NC(C)CS(C)(=O)=O)(C(=O)O)C1. The van der Waals surface area contributed by atoms with Crippen LogP contribution >= 0.6 is 0 Å². The van der Waals surface area contributed by atoms with Gasteiger partial charge in [0.2, 0.25) is 0 Å². The fourth-order valence-corrected chi connectivity index (χ4v) is 3.88. The molecule has 0 aliphatic heterocycles. The van der Waals surface area contributed by atoms with Crippen molar-refractivity contribution >= 4 is 21.8 Å². The molecule has 3 N–H and O–H groups in total. The summed E-state index contributed by atoms with van der Waals surface area (Å²) < 4.78 is 22.3. The van der Waals surface area contributed by atoms with Crippen molar-refractivity contribution in [3.63, 3.8) is 0 Å². The van der Waals surface area contributed by atoms with Gasteiger partial charge in [0, 0.05) is 12.3 Å². The largest absolute Gasteiger partial charge is 0.480 e. The minimum atomic E-state index is -3.20. The van der Waals surface area contributed by atoms with Crippen LogP contribution < -0.4 is 10.6 Å². The fourth-order valence-electron chi connectivity index (χ4n) is 2.89. The molecule has 7 nitrogen and oxygen atoms in total. The number of hydrogen-bond acceptors (Lipinski definition) is 4. The molecule has 2 amide bonds. The van der Waals surface area contributed by atoms with E-state index in [1.807, 2.05) is 6.92 Å². The van der Waals surface area contributed by atoms with Crippen LogP contribution in [0.15, 0.2) is 0 Å². The Labute approximate surface area is 125 Å². The minimum absolute atomic E-state index is 0.184. The zero-order valence-corrected chi connectivity index (χ0v) is 13.5. The van der Waals surface area contributed by atoms with Crippen LogP contribution in [0.5, 0.6) is 0 Å². The normalized spacial score (nSPS) is 27.7. The molecule has 1 fully saturated rings. The number of carbonyl (C=O) groups is 2. The summed E-state index contributed by atoms with van der Waals surface area (Å²) in [6.45, 7) is 3.53. The number of rotatable bonds is 5. The maximum atomic E-state index is 11.9. The van der Waals surface area contributed by atoms with E-state index in [1.165, 1.54) is 0 Å². The summed E-state index contributed by atoms with van der Waals surface area (Å²) in [5, 5.41) is 14.5. The number of carboxylic acids is 1. The molecule has 0 bridgehead atoms. The van der Waals surface area contributed by atoms with Crippen molar-refractivity contribution in [2.75, 3.05) is 12.0 Å². The first-order chi connectivity index (χ1) is 9.54. The molecule has 0 heterocycles. The van der Waals surface area contributed by atoms with E-state index in [9.17, 15) is 23.1 Å². The molecule has 0 aromatic heterocycles. The highest BCUT2D eigenvalue weighted by atomic mass is 32.2. The maximum absolute atomic E-state index is 11.9. The Morgan fingerprint density at radius 1 is 1.43 bits per heavy atom. The molecule has 3 unspecified atom stereocenters. The minimum Gasteiger partial charge on any atom is -0.480 e. The van der Waals surface area contributed by atoms with E-state index in [4.69, 9.17) is 0 Å². The number of carbonyl (C=O) groups excluding carboxylic acids is 1. The predicted molar refractivity (Wildman–Crippen MR) is 78.8 cm³/mol. The average Bonchev–Trinajstić information content (AvgIpc) is 2.24. The van der Waals surface area contributed by atoms with Crippen LogP contribution in [0.4, 0.5) is 4.79 Å². The van der Waals surface area contributed by atoms with Gasteiger partial charge in [0.05, 0.1) is 5.75 Å². The van der Waals surface area contributed by atoms with E-state index < -0.39 is 33.4 Å². The molecule has 3 atom stereocenters. The monoisotopic (exact) mass is 320 g/mol. The van der Waals surface area contributed by atoms with Crippen LogP contribution in [0.25, 0.3) is 0 Å². The molecule has 1 rings (SSSR count). The number of carboxylic acid groups (broad SMARTS) is 1. The van der Waals surface area contributed by atoms with Crippen LogP contribution in [0.1, 0.15) is 39.5 Å². The summed E-state index contributed by atoms with van der Waals surface area (Å²) in [4.78, 5) is 23.5. The Bertz CT molecular complexity index is 505. The van der Waals surface area contributed by atoms with Crippen LogP contribution in [0.2, 0.25) is 0 Å². The summed E-state index contributed by atoms with van der Waals surface area (Å²) in [7, 11) is -3.20. The van der Waals surface area contributed by atoms with Crippen molar-refractivity contribution in [3.05, 3.63) is 0 Å².